The van der Waals surface area contributed by atoms with E-state index in [1.165, 1.54) is 6.20 Å². The van der Waals surface area contributed by atoms with Gasteiger partial charge in [0.2, 0.25) is 0 Å². The Morgan fingerprint density at radius 2 is 1.97 bits per heavy atom. The van der Waals surface area contributed by atoms with Crippen molar-refractivity contribution in [2.45, 2.75) is 26.8 Å². The van der Waals surface area contributed by atoms with Gasteiger partial charge in [-0.3, -0.25) is 0 Å². The zero-order valence-corrected chi connectivity index (χ0v) is 17.7. The second-order valence-electron chi connectivity index (χ2n) is 7.28. The topological polar surface area (TPSA) is 102 Å². The third-order valence-corrected chi connectivity index (χ3v) is 4.94. The minimum absolute atomic E-state index is 0.289. The van der Waals surface area contributed by atoms with Crippen LogP contribution in [0.2, 0.25) is 0 Å². The molecule has 1 N–H and O–H groups in total. The predicted octanol–water partition coefficient (Wildman–Crippen LogP) is 2.19. The molecule has 0 atom stereocenters. The van der Waals surface area contributed by atoms with E-state index in [9.17, 15) is 4.79 Å². The second-order valence-corrected chi connectivity index (χ2v) is 7.28. The lowest BCUT2D eigenvalue weighted by Crippen LogP contribution is -2.17. The number of rotatable bonds is 8. The minimum atomic E-state index is -0.438. The van der Waals surface area contributed by atoms with Crippen LogP contribution in [0.15, 0.2) is 18.6 Å². The Morgan fingerprint density at radius 3 is 2.70 bits per heavy atom. The highest BCUT2D eigenvalue weighted by Crippen LogP contribution is 2.29. The van der Waals surface area contributed by atoms with Crippen LogP contribution < -0.4 is 5.32 Å². The van der Waals surface area contributed by atoms with E-state index < -0.39 is 5.97 Å². The maximum Gasteiger partial charge on any atom is 0.343 e. The average molecular weight is 410 g/mol. The number of anilines is 1. The number of nitrogens with one attached hydrogen (secondary N) is 1. The van der Waals surface area contributed by atoms with E-state index in [0.717, 1.165) is 41.4 Å². The lowest BCUT2D eigenvalue weighted by Gasteiger charge is -2.13. The van der Waals surface area contributed by atoms with Gasteiger partial charge in [0, 0.05) is 19.3 Å². The van der Waals surface area contributed by atoms with Gasteiger partial charge < -0.3 is 15.0 Å². The number of nitrogens with zero attached hydrogens (tertiary/aromatic N) is 7. The molecule has 0 bridgehead atoms. The highest BCUT2D eigenvalue weighted by molar-refractivity contribution is 6.08. The van der Waals surface area contributed by atoms with Crippen LogP contribution in [0.1, 0.15) is 30.6 Å². The Kier molecular flexibility index (Phi) is 5.49. The van der Waals surface area contributed by atoms with Crippen molar-refractivity contribution >= 4 is 39.4 Å². The molecule has 4 rings (SSSR count). The Bertz CT molecular complexity index is 1210. The number of hydrogen-bond acceptors (Lipinski definition) is 8. The van der Waals surface area contributed by atoms with Crippen molar-refractivity contribution in [2.24, 2.45) is 0 Å². The summed E-state index contributed by atoms with van der Waals surface area (Å²) < 4.78 is 8.71. The molecule has 0 aliphatic heterocycles. The molecule has 0 saturated heterocycles. The maximum atomic E-state index is 12.4. The molecule has 0 amide bonds. The summed E-state index contributed by atoms with van der Waals surface area (Å²) >= 11 is 0. The van der Waals surface area contributed by atoms with Crippen LogP contribution in [0.5, 0.6) is 0 Å². The SMILES string of the molecule is CCOC(=O)c1cnn2c1nc(NCCCN(C)C)c1cnc3c(cnn3CC)c12. The molecule has 0 aliphatic carbocycles. The zero-order chi connectivity index (χ0) is 21.3. The number of aryl methyl sites for hydroxylation is 1. The highest BCUT2D eigenvalue weighted by Gasteiger charge is 2.21. The van der Waals surface area contributed by atoms with Crippen molar-refractivity contribution in [1.29, 1.82) is 0 Å². The molecule has 30 heavy (non-hydrogen) atoms. The van der Waals surface area contributed by atoms with Crippen LogP contribution >= 0.6 is 0 Å². The fraction of sp³-hybridized carbons (Fsp3) is 0.450. The van der Waals surface area contributed by atoms with Crippen LogP contribution in [0.3, 0.4) is 0 Å². The van der Waals surface area contributed by atoms with E-state index in [1.54, 1.807) is 23.8 Å². The first-order chi connectivity index (χ1) is 14.5. The van der Waals surface area contributed by atoms with Crippen molar-refractivity contribution in [3.63, 3.8) is 0 Å². The number of ether oxygens (including phenoxy) is 1. The zero-order valence-electron chi connectivity index (χ0n) is 17.7. The van der Waals surface area contributed by atoms with E-state index in [0.29, 0.717) is 23.6 Å². The second kappa shape index (κ2) is 8.23. The standard InChI is InChI=1S/C20H26N8O2/c1-5-27-18-14(11-23-27)16-13(10-22-18)17(21-8-7-9-26(3)4)25-19-15(12-24-28(16)19)20(29)30-6-2/h10-12H,5-9H2,1-4H3,(H,21,25). The quantitative estimate of drug-likeness (QED) is 0.348. The van der Waals surface area contributed by atoms with E-state index in [4.69, 9.17) is 9.72 Å². The number of carbonyl (C=O) groups excluding carboxylic acids is 1. The third-order valence-electron chi connectivity index (χ3n) is 4.94. The van der Waals surface area contributed by atoms with Gasteiger partial charge in [-0.2, -0.15) is 10.2 Å². The van der Waals surface area contributed by atoms with Gasteiger partial charge in [0.25, 0.3) is 0 Å². The van der Waals surface area contributed by atoms with Gasteiger partial charge in [-0.1, -0.05) is 0 Å². The number of hydrogen-bond donors (Lipinski definition) is 1. The van der Waals surface area contributed by atoms with Crippen molar-refractivity contribution in [3.8, 4) is 0 Å². The lowest BCUT2D eigenvalue weighted by molar-refractivity contribution is 0.0528. The van der Waals surface area contributed by atoms with Crippen molar-refractivity contribution in [3.05, 3.63) is 24.2 Å². The van der Waals surface area contributed by atoms with Crippen LogP contribution in [0.4, 0.5) is 5.82 Å². The fourth-order valence-electron chi connectivity index (χ4n) is 3.52. The largest absolute Gasteiger partial charge is 0.462 e. The third kappa shape index (κ3) is 3.43. The van der Waals surface area contributed by atoms with Gasteiger partial charge in [0.1, 0.15) is 11.4 Å². The van der Waals surface area contributed by atoms with Crippen LogP contribution in [0.25, 0.3) is 27.6 Å². The summed E-state index contributed by atoms with van der Waals surface area (Å²) in [6.45, 7) is 6.49. The molecule has 4 aromatic rings. The molecule has 0 radical (unpaired) electrons. The molecule has 10 heteroatoms. The number of aromatic nitrogens is 6. The lowest BCUT2D eigenvalue weighted by atomic mass is 10.2. The van der Waals surface area contributed by atoms with Crippen molar-refractivity contribution in [1.82, 2.24) is 34.3 Å². The first kappa shape index (κ1) is 20.0. The minimum Gasteiger partial charge on any atom is -0.462 e. The van der Waals surface area contributed by atoms with Crippen LogP contribution in [-0.2, 0) is 11.3 Å². The summed E-state index contributed by atoms with van der Waals surface area (Å²) in [7, 11) is 4.09. The molecular formula is C20H26N8O2. The number of fused-ring (bicyclic) bond motifs is 5. The van der Waals surface area contributed by atoms with Gasteiger partial charge in [-0.05, 0) is 40.9 Å². The summed E-state index contributed by atoms with van der Waals surface area (Å²) in [4.78, 5) is 23.9. The average Bonchev–Trinajstić information content (AvgIpc) is 3.34. The predicted molar refractivity (Wildman–Crippen MR) is 115 cm³/mol. The molecule has 158 valence electrons. The van der Waals surface area contributed by atoms with Gasteiger partial charge in [0.15, 0.2) is 11.3 Å². The van der Waals surface area contributed by atoms with Crippen LogP contribution in [0, 0.1) is 0 Å². The normalized spacial score (nSPS) is 11.8. The monoisotopic (exact) mass is 410 g/mol. The van der Waals surface area contributed by atoms with Gasteiger partial charge in [-0.15, -0.1) is 0 Å². The summed E-state index contributed by atoms with van der Waals surface area (Å²) in [5, 5.41) is 14.0. The summed E-state index contributed by atoms with van der Waals surface area (Å²) in [5.74, 6) is 0.230. The molecule has 0 saturated carbocycles. The fourth-order valence-corrected chi connectivity index (χ4v) is 3.52. The summed E-state index contributed by atoms with van der Waals surface area (Å²) in [6.07, 6.45) is 6.04. The summed E-state index contributed by atoms with van der Waals surface area (Å²) in [5.41, 5.74) is 2.37. The Balaban J connectivity index is 1.91. The Hall–Kier alpha value is -3.27. The Labute approximate surface area is 173 Å². The molecule has 0 aliphatic rings. The molecule has 0 aromatic carbocycles. The van der Waals surface area contributed by atoms with Gasteiger partial charge >= 0.3 is 5.97 Å². The first-order valence-corrected chi connectivity index (χ1v) is 10.1. The molecule has 0 spiro atoms. The smallest absolute Gasteiger partial charge is 0.343 e. The number of pyridine rings is 1. The van der Waals surface area contributed by atoms with Crippen LogP contribution in [-0.4, -0.2) is 74.0 Å². The van der Waals surface area contributed by atoms with Gasteiger partial charge in [-0.25, -0.2) is 24.0 Å². The van der Waals surface area contributed by atoms with Crippen molar-refractivity contribution < 1.29 is 9.53 Å². The van der Waals surface area contributed by atoms with E-state index >= 15 is 0 Å². The molecule has 0 fully saturated rings. The Morgan fingerprint density at radius 1 is 1.13 bits per heavy atom. The maximum absolute atomic E-state index is 12.4. The number of carbonyl (C=O) groups is 1. The van der Waals surface area contributed by atoms with E-state index in [1.807, 2.05) is 25.7 Å². The molecular weight excluding hydrogens is 384 g/mol. The summed E-state index contributed by atoms with van der Waals surface area (Å²) in [6, 6.07) is 0. The molecule has 4 aromatic heterocycles. The molecule has 4 heterocycles. The molecule has 10 nitrogen and oxygen atoms in total. The first-order valence-electron chi connectivity index (χ1n) is 10.1. The van der Waals surface area contributed by atoms with E-state index in [-0.39, 0.29) is 6.61 Å². The number of esters is 1. The highest BCUT2D eigenvalue weighted by atomic mass is 16.5. The van der Waals surface area contributed by atoms with Gasteiger partial charge in [0.05, 0.1) is 35.3 Å². The molecule has 0 unspecified atom stereocenters. The van der Waals surface area contributed by atoms with Crippen molar-refractivity contribution in [2.75, 3.05) is 39.1 Å². The van der Waals surface area contributed by atoms with E-state index in [2.05, 4.69) is 25.4 Å².